The zero-order valence-corrected chi connectivity index (χ0v) is 17.9. The fraction of sp³-hybridized carbons (Fsp3) is 0.238. The van der Waals surface area contributed by atoms with Crippen LogP contribution >= 0.6 is 27.3 Å². The average molecular weight is 445 g/mol. The molecular formula is C21H21BrN2O2S. The van der Waals surface area contributed by atoms with Crippen LogP contribution in [-0.4, -0.2) is 17.5 Å². The summed E-state index contributed by atoms with van der Waals surface area (Å²) < 4.78 is 6.59. The second kappa shape index (κ2) is 8.67. The van der Waals surface area contributed by atoms with E-state index in [4.69, 9.17) is 4.74 Å². The lowest BCUT2D eigenvalue weighted by Crippen LogP contribution is -2.20. The van der Waals surface area contributed by atoms with Crippen molar-refractivity contribution in [2.75, 3.05) is 11.9 Å². The molecule has 0 unspecified atom stereocenters. The van der Waals surface area contributed by atoms with E-state index in [0.717, 1.165) is 20.6 Å². The third-order valence-electron chi connectivity index (χ3n) is 4.08. The summed E-state index contributed by atoms with van der Waals surface area (Å²) in [5.74, 6) is 0.926. The summed E-state index contributed by atoms with van der Waals surface area (Å²) in [6.45, 7) is 6.23. The number of ether oxygens (including phenoxy) is 1. The van der Waals surface area contributed by atoms with Crippen LogP contribution in [0.1, 0.15) is 30.2 Å². The molecule has 3 rings (SSSR count). The third-order valence-corrected chi connectivity index (χ3v) is 5.49. The number of nitrogens with zero attached hydrogens (tertiary/aromatic N) is 1. The molecular weight excluding hydrogens is 424 g/mol. The van der Waals surface area contributed by atoms with E-state index < -0.39 is 0 Å². The first-order chi connectivity index (χ1) is 12.9. The van der Waals surface area contributed by atoms with Crippen molar-refractivity contribution in [1.29, 1.82) is 0 Å². The largest absolute Gasteiger partial charge is 0.484 e. The molecule has 0 aliphatic heterocycles. The first kappa shape index (κ1) is 19.6. The molecule has 0 radical (unpaired) electrons. The van der Waals surface area contributed by atoms with E-state index in [9.17, 15) is 4.79 Å². The van der Waals surface area contributed by atoms with E-state index in [-0.39, 0.29) is 12.5 Å². The van der Waals surface area contributed by atoms with Crippen LogP contribution in [0.4, 0.5) is 5.13 Å². The Morgan fingerprint density at radius 3 is 2.44 bits per heavy atom. The van der Waals surface area contributed by atoms with Crippen LogP contribution in [0.3, 0.4) is 0 Å². The van der Waals surface area contributed by atoms with Crippen molar-refractivity contribution >= 4 is 38.3 Å². The number of rotatable bonds is 6. The second-order valence-corrected chi connectivity index (χ2v) is 8.61. The van der Waals surface area contributed by atoms with Crippen LogP contribution in [0, 0.1) is 6.92 Å². The fourth-order valence-corrected chi connectivity index (χ4v) is 3.69. The Morgan fingerprint density at radius 2 is 1.81 bits per heavy atom. The Morgan fingerprint density at radius 1 is 1.15 bits per heavy atom. The molecule has 0 bridgehead atoms. The van der Waals surface area contributed by atoms with Gasteiger partial charge >= 0.3 is 0 Å². The van der Waals surface area contributed by atoms with E-state index >= 15 is 0 Å². The molecule has 2 aromatic carbocycles. The number of carbonyl (C=O) groups is 1. The predicted octanol–water partition coefficient (Wildman–Crippen LogP) is 6.02. The first-order valence-electron chi connectivity index (χ1n) is 8.68. The second-order valence-electron chi connectivity index (χ2n) is 6.49. The number of anilines is 1. The number of thiazole rings is 1. The summed E-state index contributed by atoms with van der Waals surface area (Å²) in [6, 6.07) is 15.8. The fourth-order valence-electron chi connectivity index (χ4n) is 2.58. The molecule has 0 aliphatic carbocycles. The van der Waals surface area contributed by atoms with Crippen molar-refractivity contribution in [2.45, 2.75) is 26.7 Å². The van der Waals surface area contributed by atoms with Gasteiger partial charge in [-0.2, -0.15) is 0 Å². The summed E-state index contributed by atoms with van der Waals surface area (Å²) in [5.41, 5.74) is 3.15. The number of hydrogen-bond acceptors (Lipinski definition) is 4. The van der Waals surface area contributed by atoms with Crippen molar-refractivity contribution in [1.82, 2.24) is 4.98 Å². The Hall–Kier alpha value is -2.18. The molecule has 0 saturated carbocycles. The summed E-state index contributed by atoms with van der Waals surface area (Å²) in [4.78, 5) is 17.8. The Bertz CT molecular complexity index is 918. The van der Waals surface area contributed by atoms with Crippen molar-refractivity contribution in [3.05, 3.63) is 63.4 Å². The molecule has 1 heterocycles. The zero-order chi connectivity index (χ0) is 19.4. The third kappa shape index (κ3) is 5.17. The van der Waals surface area contributed by atoms with Gasteiger partial charge in [0.1, 0.15) is 5.75 Å². The number of hydrogen-bond donors (Lipinski definition) is 1. The molecule has 6 heteroatoms. The van der Waals surface area contributed by atoms with Crippen LogP contribution in [0.25, 0.3) is 11.3 Å². The van der Waals surface area contributed by atoms with Crippen molar-refractivity contribution in [3.63, 3.8) is 0 Å². The number of carbonyl (C=O) groups excluding carboxylic acids is 1. The maximum absolute atomic E-state index is 12.2. The average Bonchev–Trinajstić information content (AvgIpc) is 3.01. The molecule has 1 aromatic heterocycles. The summed E-state index contributed by atoms with van der Waals surface area (Å²) in [7, 11) is 0. The van der Waals surface area contributed by atoms with E-state index in [1.807, 2.05) is 55.5 Å². The number of nitrogens with one attached hydrogen (secondary N) is 1. The number of benzene rings is 2. The van der Waals surface area contributed by atoms with Crippen molar-refractivity contribution < 1.29 is 9.53 Å². The normalized spacial score (nSPS) is 10.9. The van der Waals surface area contributed by atoms with Gasteiger partial charge in [0.2, 0.25) is 0 Å². The van der Waals surface area contributed by atoms with Crippen LogP contribution in [0.2, 0.25) is 0 Å². The topological polar surface area (TPSA) is 51.2 Å². The van der Waals surface area contributed by atoms with Gasteiger partial charge in [-0.15, -0.1) is 11.3 Å². The van der Waals surface area contributed by atoms with E-state index in [1.54, 1.807) is 0 Å². The lowest BCUT2D eigenvalue weighted by molar-refractivity contribution is -0.118. The summed E-state index contributed by atoms with van der Waals surface area (Å²) >= 11 is 4.89. The SMILES string of the molecule is Cc1sc(NC(=O)COc2ccc(C(C)C)cc2)nc1-c1ccc(Br)cc1. The number of halogens is 1. The minimum Gasteiger partial charge on any atom is -0.484 e. The summed E-state index contributed by atoms with van der Waals surface area (Å²) in [5, 5.41) is 3.40. The quantitative estimate of drug-likeness (QED) is 0.505. The van der Waals surface area contributed by atoms with Gasteiger partial charge in [0.05, 0.1) is 5.69 Å². The van der Waals surface area contributed by atoms with Crippen LogP contribution in [0.5, 0.6) is 5.75 Å². The van der Waals surface area contributed by atoms with Gasteiger partial charge in [-0.1, -0.05) is 54.0 Å². The number of aryl methyl sites for hydroxylation is 1. The van der Waals surface area contributed by atoms with Gasteiger partial charge in [-0.05, 0) is 42.7 Å². The molecule has 0 atom stereocenters. The van der Waals surface area contributed by atoms with Gasteiger partial charge in [-0.3, -0.25) is 10.1 Å². The number of aromatic nitrogens is 1. The molecule has 0 aliphatic rings. The Labute approximate surface area is 171 Å². The smallest absolute Gasteiger partial charge is 0.264 e. The molecule has 1 amide bonds. The molecule has 4 nitrogen and oxygen atoms in total. The zero-order valence-electron chi connectivity index (χ0n) is 15.5. The maximum Gasteiger partial charge on any atom is 0.264 e. The van der Waals surface area contributed by atoms with Gasteiger partial charge in [-0.25, -0.2) is 4.98 Å². The Balaban J connectivity index is 1.59. The van der Waals surface area contributed by atoms with Crippen LogP contribution in [-0.2, 0) is 4.79 Å². The minimum absolute atomic E-state index is 0.0483. The molecule has 27 heavy (non-hydrogen) atoms. The van der Waals surface area contributed by atoms with E-state index in [0.29, 0.717) is 16.8 Å². The van der Waals surface area contributed by atoms with Gasteiger partial charge < -0.3 is 4.74 Å². The van der Waals surface area contributed by atoms with Crippen molar-refractivity contribution in [2.24, 2.45) is 0 Å². The molecule has 3 aromatic rings. The van der Waals surface area contributed by atoms with Gasteiger partial charge in [0.15, 0.2) is 11.7 Å². The van der Waals surface area contributed by atoms with Crippen molar-refractivity contribution in [3.8, 4) is 17.0 Å². The predicted molar refractivity (Wildman–Crippen MR) is 115 cm³/mol. The summed E-state index contributed by atoms with van der Waals surface area (Å²) in [6.07, 6.45) is 0. The monoisotopic (exact) mass is 444 g/mol. The highest BCUT2D eigenvalue weighted by molar-refractivity contribution is 9.10. The van der Waals surface area contributed by atoms with Gasteiger partial charge in [0.25, 0.3) is 5.91 Å². The maximum atomic E-state index is 12.2. The van der Waals surface area contributed by atoms with E-state index in [1.165, 1.54) is 16.9 Å². The highest BCUT2D eigenvalue weighted by Crippen LogP contribution is 2.31. The van der Waals surface area contributed by atoms with Crippen LogP contribution in [0.15, 0.2) is 53.0 Å². The standard InChI is InChI=1S/C21H21BrN2O2S/c1-13(2)15-6-10-18(11-7-15)26-12-19(25)23-21-24-20(14(3)27-21)16-4-8-17(22)9-5-16/h4-11,13H,12H2,1-3H3,(H,23,24,25). The molecule has 0 saturated heterocycles. The highest BCUT2D eigenvalue weighted by atomic mass is 79.9. The molecule has 1 N–H and O–H groups in total. The number of amides is 1. The lowest BCUT2D eigenvalue weighted by atomic mass is 10.0. The highest BCUT2D eigenvalue weighted by Gasteiger charge is 2.12. The van der Waals surface area contributed by atoms with E-state index in [2.05, 4.69) is 40.1 Å². The van der Waals surface area contributed by atoms with Gasteiger partial charge in [0, 0.05) is 14.9 Å². The minimum atomic E-state index is -0.223. The molecule has 0 fully saturated rings. The molecule has 0 spiro atoms. The first-order valence-corrected chi connectivity index (χ1v) is 10.3. The molecule has 140 valence electrons. The lowest BCUT2D eigenvalue weighted by Gasteiger charge is -2.08. The Kier molecular flexibility index (Phi) is 6.29. The van der Waals surface area contributed by atoms with Crippen LogP contribution < -0.4 is 10.1 Å².